The molecule has 0 saturated heterocycles. The Bertz CT molecular complexity index is 469. The van der Waals surface area contributed by atoms with Gasteiger partial charge in [-0.2, -0.15) is 0 Å². The molecule has 3 heteroatoms. The van der Waals surface area contributed by atoms with Crippen LogP contribution in [0.25, 0.3) is 0 Å². The summed E-state index contributed by atoms with van der Waals surface area (Å²) in [6.45, 7) is 0. The Hall–Kier alpha value is -1.38. The van der Waals surface area contributed by atoms with Crippen LogP contribution in [0.15, 0.2) is 24.3 Å². The van der Waals surface area contributed by atoms with Crippen LogP contribution in [0, 0.1) is 11.2 Å². The van der Waals surface area contributed by atoms with Gasteiger partial charge in [0.05, 0.1) is 5.41 Å². The van der Waals surface area contributed by atoms with Crippen molar-refractivity contribution < 1.29 is 14.3 Å². The number of hydrogen-bond donors (Lipinski definition) is 1. The molecule has 3 rings (SSSR count). The third-order valence-corrected chi connectivity index (χ3v) is 4.55. The van der Waals surface area contributed by atoms with E-state index in [9.17, 15) is 14.3 Å². The second kappa shape index (κ2) is 3.31. The Morgan fingerprint density at radius 3 is 2.47 bits per heavy atom. The molecule has 0 bridgehead atoms. The minimum absolute atomic E-state index is 0.255. The maximum atomic E-state index is 13.2. The monoisotopic (exact) mass is 234 g/mol. The van der Waals surface area contributed by atoms with Gasteiger partial charge in [0.25, 0.3) is 0 Å². The molecule has 0 aromatic heterocycles. The van der Waals surface area contributed by atoms with Crippen molar-refractivity contribution in [1.82, 2.24) is 0 Å². The van der Waals surface area contributed by atoms with E-state index in [1.807, 2.05) is 0 Å². The quantitative estimate of drug-likeness (QED) is 0.853. The third kappa shape index (κ3) is 1.41. The van der Waals surface area contributed by atoms with E-state index in [1.165, 1.54) is 18.6 Å². The smallest absolute Gasteiger partial charge is 0.314 e. The van der Waals surface area contributed by atoms with E-state index in [0.29, 0.717) is 18.4 Å². The standard InChI is InChI=1S/C14H15FO2/c15-11-4-1-3-10(7-11)14(12(16)17)8-13(9-14)5-2-6-13/h1,3-4,7H,2,5-6,8-9H2,(H,16,17). The first-order chi connectivity index (χ1) is 8.06. The van der Waals surface area contributed by atoms with Crippen molar-refractivity contribution in [2.45, 2.75) is 37.5 Å². The fourth-order valence-corrected chi connectivity index (χ4v) is 3.52. The lowest BCUT2D eigenvalue weighted by Gasteiger charge is -2.59. The average molecular weight is 234 g/mol. The fraction of sp³-hybridized carbons (Fsp3) is 0.500. The molecule has 1 spiro atoms. The van der Waals surface area contributed by atoms with Gasteiger partial charge in [-0.25, -0.2) is 4.39 Å². The molecule has 0 atom stereocenters. The van der Waals surface area contributed by atoms with Gasteiger partial charge in [-0.3, -0.25) is 4.79 Å². The van der Waals surface area contributed by atoms with Crippen molar-refractivity contribution in [3.63, 3.8) is 0 Å². The van der Waals surface area contributed by atoms with Crippen LogP contribution >= 0.6 is 0 Å². The zero-order valence-corrected chi connectivity index (χ0v) is 9.58. The summed E-state index contributed by atoms with van der Waals surface area (Å²) in [7, 11) is 0. The van der Waals surface area contributed by atoms with Gasteiger partial charge in [0.1, 0.15) is 5.82 Å². The van der Waals surface area contributed by atoms with Gasteiger partial charge in [0.15, 0.2) is 0 Å². The minimum Gasteiger partial charge on any atom is -0.481 e. The molecule has 2 fully saturated rings. The molecule has 2 nitrogen and oxygen atoms in total. The minimum atomic E-state index is -0.831. The zero-order valence-electron chi connectivity index (χ0n) is 9.58. The molecule has 2 saturated carbocycles. The van der Waals surface area contributed by atoms with Crippen LogP contribution in [0.2, 0.25) is 0 Å². The molecule has 90 valence electrons. The van der Waals surface area contributed by atoms with E-state index in [-0.39, 0.29) is 11.2 Å². The molecular weight excluding hydrogens is 219 g/mol. The fourth-order valence-electron chi connectivity index (χ4n) is 3.52. The molecule has 0 heterocycles. The van der Waals surface area contributed by atoms with Crippen molar-refractivity contribution in [3.8, 4) is 0 Å². The first kappa shape index (κ1) is 10.8. The average Bonchev–Trinajstić information content (AvgIpc) is 2.13. The Morgan fingerprint density at radius 2 is 2.00 bits per heavy atom. The van der Waals surface area contributed by atoms with Gasteiger partial charge in [-0.05, 0) is 48.8 Å². The van der Waals surface area contributed by atoms with E-state index < -0.39 is 11.4 Å². The van der Waals surface area contributed by atoms with Gasteiger partial charge >= 0.3 is 5.97 Å². The summed E-state index contributed by atoms with van der Waals surface area (Å²) >= 11 is 0. The molecule has 1 N–H and O–H groups in total. The summed E-state index contributed by atoms with van der Waals surface area (Å²) < 4.78 is 13.2. The Kier molecular flexibility index (Phi) is 2.09. The highest BCUT2D eigenvalue weighted by Gasteiger charge is 2.61. The highest BCUT2D eigenvalue weighted by atomic mass is 19.1. The second-order valence-corrected chi connectivity index (χ2v) is 5.60. The zero-order chi connectivity index (χ0) is 12.1. The highest BCUT2D eigenvalue weighted by Crippen LogP contribution is 2.65. The topological polar surface area (TPSA) is 37.3 Å². The molecule has 0 aliphatic heterocycles. The summed E-state index contributed by atoms with van der Waals surface area (Å²) in [6.07, 6.45) is 4.84. The van der Waals surface area contributed by atoms with Crippen LogP contribution in [-0.4, -0.2) is 11.1 Å². The van der Waals surface area contributed by atoms with Gasteiger partial charge in [-0.1, -0.05) is 18.6 Å². The summed E-state index contributed by atoms with van der Waals surface area (Å²) in [5.74, 6) is -1.15. The number of carboxylic acids is 1. The number of carbonyl (C=O) groups is 1. The van der Waals surface area contributed by atoms with E-state index in [1.54, 1.807) is 12.1 Å². The van der Waals surface area contributed by atoms with Crippen LogP contribution in [0.1, 0.15) is 37.7 Å². The Balaban J connectivity index is 1.94. The van der Waals surface area contributed by atoms with Crippen LogP contribution < -0.4 is 0 Å². The predicted molar refractivity (Wildman–Crippen MR) is 61.2 cm³/mol. The van der Waals surface area contributed by atoms with Crippen molar-refractivity contribution in [1.29, 1.82) is 0 Å². The molecule has 0 amide bonds. The van der Waals surface area contributed by atoms with E-state index in [0.717, 1.165) is 12.8 Å². The van der Waals surface area contributed by atoms with Gasteiger partial charge in [-0.15, -0.1) is 0 Å². The van der Waals surface area contributed by atoms with E-state index >= 15 is 0 Å². The molecule has 0 unspecified atom stereocenters. The molecule has 1 aromatic rings. The van der Waals surface area contributed by atoms with Gasteiger partial charge < -0.3 is 5.11 Å². The molecule has 0 radical (unpaired) electrons. The van der Waals surface area contributed by atoms with Crippen molar-refractivity contribution in [2.75, 3.05) is 0 Å². The normalized spacial score (nSPS) is 23.8. The lowest BCUT2D eigenvalue weighted by atomic mass is 9.44. The van der Waals surface area contributed by atoms with Crippen molar-refractivity contribution >= 4 is 5.97 Å². The summed E-state index contributed by atoms with van der Waals surface area (Å²) in [6, 6.07) is 6.07. The largest absolute Gasteiger partial charge is 0.481 e. The third-order valence-electron chi connectivity index (χ3n) is 4.55. The number of aliphatic carboxylic acids is 1. The van der Waals surface area contributed by atoms with Crippen molar-refractivity contribution in [3.05, 3.63) is 35.6 Å². The predicted octanol–water partition coefficient (Wildman–Crippen LogP) is 3.11. The number of benzene rings is 1. The maximum Gasteiger partial charge on any atom is 0.314 e. The van der Waals surface area contributed by atoms with Crippen LogP contribution in [0.3, 0.4) is 0 Å². The summed E-state index contributed by atoms with van der Waals surface area (Å²) in [4.78, 5) is 11.5. The van der Waals surface area contributed by atoms with Gasteiger partial charge in [0.2, 0.25) is 0 Å². The highest BCUT2D eigenvalue weighted by molar-refractivity contribution is 5.83. The molecular formula is C14H15FO2. The molecule has 2 aliphatic carbocycles. The lowest BCUT2D eigenvalue weighted by Crippen LogP contribution is -2.57. The number of halogens is 1. The van der Waals surface area contributed by atoms with Crippen LogP contribution in [-0.2, 0) is 10.2 Å². The first-order valence-electron chi connectivity index (χ1n) is 6.06. The number of hydrogen-bond acceptors (Lipinski definition) is 1. The van der Waals surface area contributed by atoms with E-state index in [4.69, 9.17) is 0 Å². The molecule has 1 aromatic carbocycles. The Morgan fingerprint density at radius 1 is 1.29 bits per heavy atom. The lowest BCUT2D eigenvalue weighted by molar-refractivity contribution is -0.160. The second-order valence-electron chi connectivity index (χ2n) is 5.60. The van der Waals surface area contributed by atoms with Crippen LogP contribution in [0.4, 0.5) is 4.39 Å². The Labute approximate surface area is 99.5 Å². The van der Waals surface area contributed by atoms with Gasteiger partial charge in [0, 0.05) is 0 Å². The SMILES string of the molecule is O=C(O)C1(c2cccc(F)c2)CC2(CCC2)C1. The molecule has 17 heavy (non-hydrogen) atoms. The summed E-state index contributed by atoms with van der Waals surface area (Å²) in [5, 5.41) is 9.46. The number of carboxylic acid groups (broad SMARTS) is 1. The maximum absolute atomic E-state index is 13.2. The molecule has 2 aliphatic rings. The number of rotatable bonds is 2. The van der Waals surface area contributed by atoms with Crippen molar-refractivity contribution in [2.24, 2.45) is 5.41 Å². The summed E-state index contributed by atoms with van der Waals surface area (Å²) in [5.41, 5.74) is 0.0512. The van der Waals surface area contributed by atoms with E-state index in [2.05, 4.69) is 0 Å². The van der Waals surface area contributed by atoms with Crippen LogP contribution in [0.5, 0.6) is 0 Å². The first-order valence-corrected chi connectivity index (χ1v) is 6.06.